The fraction of sp³-hybridized carbons (Fsp3) is 0.533. The first-order valence-electron chi connectivity index (χ1n) is 6.81. The molecule has 1 heterocycles. The fourth-order valence-corrected chi connectivity index (χ4v) is 2.40. The Bertz CT molecular complexity index is 447. The first kappa shape index (κ1) is 13.9. The number of nitrogens with zero attached hydrogens (tertiary/aromatic N) is 1. The van der Waals surface area contributed by atoms with Crippen LogP contribution in [0.1, 0.15) is 31.7 Å². The minimum Gasteiger partial charge on any atom is -0.399 e. The molecule has 2 rings (SSSR count). The van der Waals surface area contributed by atoms with Crippen molar-refractivity contribution in [1.82, 2.24) is 4.90 Å². The number of anilines is 1. The lowest BCUT2D eigenvalue weighted by Crippen LogP contribution is -2.45. The Kier molecular flexibility index (Phi) is 4.10. The molecule has 104 valence electrons. The minimum atomic E-state index is -0.606. The van der Waals surface area contributed by atoms with Crippen LogP contribution < -0.4 is 5.73 Å². The van der Waals surface area contributed by atoms with E-state index in [9.17, 15) is 9.90 Å². The molecule has 4 heteroatoms. The number of aryl methyl sites for hydroxylation is 1. The molecule has 1 amide bonds. The summed E-state index contributed by atoms with van der Waals surface area (Å²) in [7, 11) is 0. The van der Waals surface area contributed by atoms with Crippen LogP contribution in [0.5, 0.6) is 0 Å². The Balaban J connectivity index is 1.82. The molecule has 0 unspecified atom stereocenters. The van der Waals surface area contributed by atoms with Gasteiger partial charge in [0.25, 0.3) is 0 Å². The number of aliphatic hydroxyl groups is 1. The maximum atomic E-state index is 12.1. The summed E-state index contributed by atoms with van der Waals surface area (Å²) in [5, 5.41) is 9.86. The van der Waals surface area contributed by atoms with E-state index in [2.05, 4.69) is 0 Å². The van der Waals surface area contributed by atoms with Crippen LogP contribution in [-0.4, -0.2) is 34.6 Å². The Morgan fingerprint density at radius 3 is 2.74 bits per heavy atom. The van der Waals surface area contributed by atoms with Gasteiger partial charge in [-0.25, -0.2) is 0 Å². The number of benzene rings is 1. The van der Waals surface area contributed by atoms with Gasteiger partial charge < -0.3 is 15.7 Å². The lowest BCUT2D eigenvalue weighted by molar-refractivity contribution is -0.134. The Morgan fingerprint density at radius 2 is 2.11 bits per heavy atom. The normalized spacial score (nSPS) is 18.3. The van der Waals surface area contributed by atoms with Crippen molar-refractivity contribution in [1.29, 1.82) is 0 Å². The lowest BCUT2D eigenvalue weighted by atomic mass is 9.93. The number of hydrogen-bond acceptors (Lipinski definition) is 3. The molecule has 1 fully saturated rings. The van der Waals surface area contributed by atoms with Crippen LogP contribution in [0.3, 0.4) is 0 Å². The molecule has 1 aromatic rings. The second-order valence-electron chi connectivity index (χ2n) is 5.62. The first-order chi connectivity index (χ1) is 8.96. The average Bonchev–Trinajstić information content (AvgIpc) is 2.36. The molecule has 0 bridgehead atoms. The zero-order valence-corrected chi connectivity index (χ0v) is 11.4. The topological polar surface area (TPSA) is 66.6 Å². The number of nitrogen functional groups attached to an aromatic ring is 1. The number of nitrogens with two attached hydrogens (primary N) is 1. The summed E-state index contributed by atoms with van der Waals surface area (Å²) >= 11 is 0. The van der Waals surface area contributed by atoms with Gasteiger partial charge in [-0.15, -0.1) is 0 Å². The van der Waals surface area contributed by atoms with E-state index in [1.54, 1.807) is 0 Å². The van der Waals surface area contributed by atoms with Crippen molar-refractivity contribution < 1.29 is 9.90 Å². The third-order valence-electron chi connectivity index (χ3n) is 3.77. The smallest absolute Gasteiger partial charge is 0.222 e. The molecular weight excluding hydrogens is 240 g/mol. The largest absolute Gasteiger partial charge is 0.399 e. The average molecular weight is 262 g/mol. The molecule has 1 aromatic carbocycles. The van der Waals surface area contributed by atoms with Gasteiger partial charge in [-0.3, -0.25) is 4.79 Å². The van der Waals surface area contributed by atoms with Gasteiger partial charge in [0.2, 0.25) is 5.91 Å². The van der Waals surface area contributed by atoms with Gasteiger partial charge >= 0.3 is 0 Å². The maximum absolute atomic E-state index is 12.1. The van der Waals surface area contributed by atoms with Gasteiger partial charge in [0, 0.05) is 25.2 Å². The highest BCUT2D eigenvalue weighted by molar-refractivity contribution is 5.76. The van der Waals surface area contributed by atoms with Crippen molar-refractivity contribution >= 4 is 11.6 Å². The number of hydrogen-bond donors (Lipinski definition) is 2. The molecule has 0 aromatic heterocycles. The van der Waals surface area contributed by atoms with E-state index in [-0.39, 0.29) is 5.91 Å². The highest BCUT2D eigenvalue weighted by Gasteiger charge is 2.29. The van der Waals surface area contributed by atoms with E-state index in [0.717, 1.165) is 17.7 Å². The van der Waals surface area contributed by atoms with Gasteiger partial charge in [-0.05, 0) is 43.9 Å². The molecule has 3 N–H and O–H groups in total. The van der Waals surface area contributed by atoms with Crippen molar-refractivity contribution in [2.24, 2.45) is 0 Å². The quantitative estimate of drug-likeness (QED) is 0.813. The van der Waals surface area contributed by atoms with Crippen molar-refractivity contribution in [3.8, 4) is 0 Å². The number of carbonyl (C=O) groups excluding carboxylic acids is 1. The SMILES string of the molecule is CC1(O)CCN(C(=O)CCc2cccc(N)c2)CC1. The van der Waals surface area contributed by atoms with Crippen LogP contribution in [0.15, 0.2) is 24.3 Å². The summed E-state index contributed by atoms with van der Waals surface area (Å²) in [5.41, 5.74) is 6.94. The van der Waals surface area contributed by atoms with Gasteiger partial charge in [-0.2, -0.15) is 0 Å². The maximum Gasteiger partial charge on any atom is 0.222 e. The Labute approximate surface area is 114 Å². The molecule has 0 radical (unpaired) electrons. The highest BCUT2D eigenvalue weighted by Crippen LogP contribution is 2.21. The monoisotopic (exact) mass is 262 g/mol. The number of carbonyl (C=O) groups is 1. The first-order valence-corrected chi connectivity index (χ1v) is 6.81. The van der Waals surface area contributed by atoms with Crippen LogP contribution in [0.25, 0.3) is 0 Å². The minimum absolute atomic E-state index is 0.165. The third-order valence-corrected chi connectivity index (χ3v) is 3.77. The molecule has 0 atom stereocenters. The zero-order chi connectivity index (χ0) is 13.9. The van der Waals surface area contributed by atoms with Crippen molar-refractivity contribution in [3.05, 3.63) is 29.8 Å². The number of likely N-dealkylation sites (tertiary alicyclic amines) is 1. The third kappa shape index (κ3) is 3.96. The molecular formula is C15H22N2O2. The van der Waals surface area contributed by atoms with E-state index >= 15 is 0 Å². The second kappa shape index (κ2) is 5.61. The molecule has 1 aliphatic rings. The summed E-state index contributed by atoms with van der Waals surface area (Å²) in [5.74, 6) is 0.165. The molecule has 0 aliphatic carbocycles. The molecule has 4 nitrogen and oxygen atoms in total. The van der Waals surface area contributed by atoms with Crippen LogP contribution in [0.4, 0.5) is 5.69 Å². The van der Waals surface area contributed by atoms with Crippen molar-refractivity contribution in [2.45, 2.75) is 38.2 Å². The summed E-state index contributed by atoms with van der Waals surface area (Å²) in [6.07, 6.45) is 2.55. The summed E-state index contributed by atoms with van der Waals surface area (Å²) in [6.45, 7) is 3.15. The van der Waals surface area contributed by atoms with Gasteiger partial charge in [-0.1, -0.05) is 12.1 Å². The predicted molar refractivity (Wildman–Crippen MR) is 75.6 cm³/mol. The number of rotatable bonds is 3. The number of piperidine rings is 1. The predicted octanol–water partition coefficient (Wildman–Crippen LogP) is 1.57. The highest BCUT2D eigenvalue weighted by atomic mass is 16.3. The Morgan fingerprint density at radius 1 is 1.42 bits per heavy atom. The molecule has 1 aliphatic heterocycles. The van der Waals surface area contributed by atoms with Crippen LogP contribution in [0, 0.1) is 0 Å². The van der Waals surface area contributed by atoms with Crippen LogP contribution in [-0.2, 0) is 11.2 Å². The lowest BCUT2D eigenvalue weighted by Gasteiger charge is -2.35. The van der Waals surface area contributed by atoms with Gasteiger partial charge in [0.15, 0.2) is 0 Å². The standard InChI is InChI=1S/C15H22N2O2/c1-15(19)7-9-17(10-8-15)14(18)6-5-12-3-2-4-13(16)11-12/h2-4,11,19H,5-10,16H2,1H3. The Hall–Kier alpha value is -1.55. The molecule has 0 spiro atoms. The summed E-state index contributed by atoms with van der Waals surface area (Å²) in [6, 6.07) is 7.66. The van der Waals surface area contributed by atoms with E-state index < -0.39 is 5.60 Å². The van der Waals surface area contributed by atoms with E-state index in [4.69, 9.17) is 5.73 Å². The van der Waals surface area contributed by atoms with Gasteiger partial charge in [0.1, 0.15) is 0 Å². The van der Waals surface area contributed by atoms with Gasteiger partial charge in [0.05, 0.1) is 5.60 Å². The summed E-state index contributed by atoms with van der Waals surface area (Å²) in [4.78, 5) is 13.9. The van der Waals surface area contributed by atoms with Crippen molar-refractivity contribution in [3.63, 3.8) is 0 Å². The van der Waals surface area contributed by atoms with Crippen LogP contribution in [0.2, 0.25) is 0 Å². The molecule has 1 saturated heterocycles. The van der Waals surface area contributed by atoms with Crippen LogP contribution >= 0.6 is 0 Å². The number of amides is 1. The molecule has 0 saturated carbocycles. The van der Waals surface area contributed by atoms with E-state index in [1.807, 2.05) is 36.1 Å². The van der Waals surface area contributed by atoms with E-state index in [0.29, 0.717) is 32.4 Å². The zero-order valence-electron chi connectivity index (χ0n) is 11.4. The van der Waals surface area contributed by atoms with E-state index in [1.165, 1.54) is 0 Å². The fourth-order valence-electron chi connectivity index (χ4n) is 2.40. The summed E-state index contributed by atoms with van der Waals surface area (Å²) < 4.78 is 0. The molecule has 19 heavy (non-hydrogen) atoms. The van der Waals surface area contributed by atoms with Crippen molar-refractivity contribution in [2.75, 3.05) is 18.8 Å². The second-order valence-corrected chi connectivity index (χ2v) is 5.62.